The monoisotopic (exact) mass is 180 g/mol. The molecule has 0 aliphatic carbocycles. The molecule has 1 aliphatic heterocycles. The van der Waals surface area contributed by atoms with Crippen LogP contribution in [0.5, 0.6) is 0 Å². The molecule has 1 fully saturated rings. The Balaban J connectivity index is 2.46. The molecule has 13 heavy (non-hydrogen) atoms. The van der Waals surface area contributed by atoms with E-state index >= 15 is 0 Å². The highest BCUT2D eigenvalue weighted by atomic mass is 15.1. The first kappa shape index (κ1) is 10.5. The molecule has 1 rings (SSSR count). The summed E-state index contributed by atoms with van der Waals surface area (Å²) in [6.45, 7) is 6.66. The standard InChI is InChI=1S/C11H20N2/c1-3-11(9-12)13-7-4-5-10(2)6-8-13/h10-11H,3-8H2,1-2H3. The Hall–Kier alpha value is -0.550. The molecule has 0 bridgehead atoms. The van der Waals surface area contributed by atoms with Crippen molar-refractivity contribution in [3.05, 3.63) is 0 Å². The summed E-state index contributed by atoms with van der Waals surface area (Å²) in [7, 11) is 0. The smallest absolute Gasteiger partial charge is 0.0975 e. The van der Waals surface area contributed by atoms with Crippen LogP contribution < -0.4 is 0 Å². The molecular weight excluding hydrogens is 160 g/mol. The highest BCUT2D eigenvalue weighted by Crippen LogP contribution is 2.18. The van der Waals surface area contributed by atoms with Gasteiger partial charge in [0.25, 0.3) is 0 Å². The molecule has 1 saturated heterocycles. The third kappa shape index (κ3) is 3.00. The molecule has 74 valence electrons. The Labute approximate surface area is 81.5 Å². The second kappa shape index (κ2) is 5.24. The van der Waals surface area contributed by atoms with Crippen molar-refractivity contribution in [1.29, 1.82) is 5.26 Å². The van der Waals surface area contributed by atoms with Crippen molar-refractivity contribution >= 4 is 0 Å². The van der Waals surface area contributed by atoms with E-state index in [0.29, 0.717) is 0 Å². The van der Waals surface area contributed by atoms with Crippen LogP contribution in [0.25, 0.3) is 0 Å². The molecule has 2 atom stereocenters. The third-order valence-electron chi connectivity index (χ3n) is 3.03. The molecule has 0 aromatic carbocycles. The van der Waals surface area contributed by atoms with Gasteiger partial charge in [-0.3, -0.25) is 4.90 Å². The second-order valence-corrected chi connectivity index (χ2v) is 4.13. The molecule has 0 saturated carbocycles. The normalized spacial score (nSPS) is 27.6. The van der Waals surface area contributed by atoms with Gasteiger partial charge in [-0.15, -0.1) is 0 Å². The van der Waals surface area contributed by atoms with Crippen LogP contribution in [0.15, 0.2) is 0 Å². The Morgan fingerprint density at radius 1 is 1.46 bits per heavy atom. The number of rotatable bonds is 2. The van der Waals surface area contributed by atoms with Gasteiger partial charge in [-0.1, -0.05) is 13.8 Å². The Morgan fingerprint density at radius 2 is 2.23 bits per heavy atom. The Bertz CT molecular complexity index is 183. The van der Waals surface area contributed by atoms with Gasteiger partial charge in [0.05, 0.1) is 12.1 Å². The summed E-state index contributed by atoms with van der Waals surface area (Å²) in [5.74, 6) is 0.848. The Morgan fingerprint density at radius 3 is 2.85 bits per heavy atom. The Kier molecular flexibility index (Phi) is 4.24. The minimum absolute atomic E-state index is 0.158. The van der Waals surface area contributed by atoms with Crippen molar-refractivity contribution < 1.29 is 0 Å². The van der Waals surface area contributed by atoms with Crippen LogP contribution in [0.3, 0.4) is 0 Å². The zero-order valence-corrected chi connectivity index (χ0v) is 8.79. The largest absolute Gasteiger partial charge is 0.288 e. The molecular formula is C11H20N2. The number of hydrogen-bond acceptors (Lipinski definition) is 2. The van der Waals surface area contributed by atoms with Crippen LogP contribution in [0.1, 0.15) is 39.5 Å². The van der Waals surface area contributed by atoms with Crippen LogP contribution in [0.2, 0.25) is 0 Å². The van der Waals surface area contributed by atoms with Crippen molar-refractivity contribution in [2.75, 3.05) is 13.1 Å². The van der Waals surface area contributed by atoms with Gasteiger partial charge < -0.3 is 0 Å². The lowest BCUT2D eigenvalue weighted by atomic mass is 10.0. The molecule has 1 heterocycles. The lowest BCUT2D eigenvalue weighted by Gasteiger charge is -2.24. The van der Waals surface area contributed by atoms with Gasteiger partial charge in [-0.05, 0) is 44.7 Å². The average Bonchev–Trinajstić information content (AvgIpc) is 2.34. The van der Waals surface area contributed by atoms with E-state index in [9.17, 15) is 0 Å². The van der Waals surface area contributed by atoms with Gasteiger partial charge in [0, 0.05) is 0 Å². The first-order valence-electron chi connectivity index (χ1n) is 5.41. The maximum Gasteiger partial charge on any atom is 0.0975 e. The molecule has 0 radical (unpaired) electrons. The van der Waals surface area contributed by atoms with Crippen molar-refractivity contribution in [2.24, 2.45) is 5.92 Å². The van der Waals surface area contributed by atoms with Crippen LogP contribution in [0, 0.1) is 17.2 Å². The van der Waals surface area contributed by atoms with Crippen molar-refractivity contribution in [1.82, 2.24) is 4.90 Å². The van der Waals surface area contributed by atoms with E-state index in [2.05, 4.69) is 24.8 Å². The third-order valence-corrected chi connectivity index (χ3v) is 3.03. The van der Waals surface area contributed by atoms with E-state index in [1.165, 1.54) is 19.3 Å². The summed E-state index contributed by atoms with van der Waals surface area (Å²) in [6, 6.07) is 2.55. The molecule has 0 aromatic rings. The zero-order chi connectivity index (χ0) is 9.68. The van der Waals surface area contributed by atoms with E-state index in [0.717, 1.165) is 25.4 Å². The number of likely N-dealkylation sites (tertiary alicyclic amines) is 1. The fourth-order valence-electron chi connectivity index (χ4n) is 2.03. The lowest BCUT2D eigenvalue weighted by molar-refractivity contribution is 0.236. The highest BCUT2D eigenvalue weighted by Gasteiger charge is 2.19. The molecule has 2 heteroatoms. The molecule has 1 aliphatic rings. The van der Waals surface area contributed by atoms with E-state index in [1.807, 2.05) is 0 Å². The van der Waals surface area contributed by atoms with Gasteiger partial charge in [0.2, 0.25) is 0 Å². The highest BCUT2D eigenvalue weighted by molar-refractivity contribution is 4.91. The first-order valence-corrected chi connectivity index (χ1v) is 5.41. The van der Waals surface area contributed by atoms with Crippen LogP contribution >= 0.6 is 0 Å². The summed E-state index contributed by atoms with van der Waals surface area (Å²) in [4.78, 5) is 2.35. The molecule has 0 N–H and O–H groups in total. The van der Waals surface area contributed by atoms with Crippen LogP contribution in [-0.2, 0) is 0 Å². The topological polar surface area (TPSA) is 27.0 Å². The van der Waals surface area contributed by atoms with E-state index < -0.39 is 0 Å². The molecule has 0 amide bonds. The number of nitrogens with zero attached hydrogens (tertiary/aromatic N) is 2. The second-order valence-electron chi connectivity index (χ2n) is 4.13. The summed E-state index contributed by atoms with van der Waals surface area (Å²) in [5.41, 5.74) is 0. The number of hydrogen-bond donors (Lipinski definition) is 0. The van der Waals surface area contributed by atoms with Crippen LogP contribution in [-0.4, -0.2) is 24.0 Å². The molecule has 0 spiro atoms. The predicted octanol–water partition coefficient (Wildman–Crippen LogP) is 2.41. The molecule has 2 nitrogen and oxygen atoms in total. The van der Waals surface area contributed by atoms with Gasteiger partial charge in [-0.25, -0.2) is 0 Å². The van der Waals surface area contributed by atoms with Crippen molar-refractivity contribution in [3.8, 4) is 6.07 Å². The minimum Gasteiger partial charge on any atom is -0.288 e. The fraction of sp³-hybridized carbons (Fsp3) is 0.909. The average molecular weight is 180 g/mol. The van der Waals surface area contributed by atoms with Gasteiger partial charge in [-0.2, -0.15) is 5.26 Å². The van der Waals surface area contributed by atoms with Crippen molar-refractivity contribution in [2.45, 2.75) is 45.6 Å². The van der Waals surface area contributed by atoms with Gasteiger partial charge in [0.15, 0.2) is 0 Å². The van der Waals surface area contributed by atoms with Crippen molar-refractivity contribution in [3.63, 3.8) is 0 Å². The molecule has 2 unspecified atom stereocenters. The summed E-state index contributed by atoms with van der Waals surface area (Å²) < 4.78 is 0. The summed E-state index contributed by atoms with van der Waals surface area (Å²) >= 11 is 0. The van der Waals surface area contributed by atoms with Crippen LogP contribution in [0.4, 0.5) is 0 Å². The fourth-order valence-corrected chi connectivity index (χ4v) is 2.03. The maximum absolute atomic E-state index is 8.94. The number of nitriles is 1. The maximum atomic E-state index is 8.94. The van der Waals surface area contributed by atoms with E-state index in [-0.39, 0.29) is 6.04 Å². The van der Waals surface area contributed by atoms with Gasteiger partial charge in [0.1, 0.15) is 0 Å². The van der Waals surface area contributed by atoms with E-state index in [4.69, 9.17) is 5.26 Å². The predicted molar refractivity (Wildman–Crippen MR) is 54.3 cm³/mol. The first-order chi connectivity index (χ1) is 6.27. The quantitative estimate of drug-likeness (QED) is 0.652. The van der Waals surface area contributed by atoms with Gasteiger partial charge >= 0.3 is 0 Å². The van der Waals surface area contributed by atoms with E-state index in [1.54, 1.807) is 0 Å². The SMILES string of the molecule is CCC(C#N)N1CCCC(C)CC1. The summed E-state index contributed by atoms with van der Waals surface area (Å²) in [5, 5.41) is 8.94. The zero-order valence-electron chi connectivity index (χ0n) is 8.79. The summed E-state index contributed by atoms with van der Waals surface area (Å²) in [6.07, 6.45) is 4.82. The lowest BCUT2D eigenvalue weighted by Crippen LogP contribution is -2.34. The minimum atomic E-state index is 0.158. The molecule has 0 aromatic heterocycles.